The maximum Gasteiger partial charge on any atom is 0.393 e. The topological polar surface area (TPSA) is 107 Å². The van der Waals surface area contributed by atoms with Crippen molar-refractivity contribution in [1.82, 2.24) is 0 Å². The summed E-state index contributed by atoms with van der Waals surface area (Å²) < 4.78 is 69.3. The van der Waals surface area contributed by atoms with Gasteiger partial charge in [-0.15, -0.1) is 0 Å². The Labute approximate surface area is 198 Å². The molecular formula is C21H27O9PS2. The molecule has 0 amide bonds. The predicted octanol–water partition coefficient (Wildman–Crippen LogP) is 4.80. The summed E-state index contributed by atoms with van der Waals surface area (Å²) in [4.78, 5) is 0.430. The van der Waals surface area contributed by atoms with E-state index < -0.39 is 16.6 Å². The summed E-state index contributed by atoms with van der Waals surface area (Å²) in [5.74, 6) is 1.42. The number of sulfone groups is 1. The summed E-state index contributed by atoms with van der Waals surface area (Å²) in [7, 11) is 4.74. The largest absolute Gasteiger partial charge is 0.496 e. The van der Waals surface area contributed by atoms with Crippen LogP contribution in [0.25, 0.3) is 6.08 Å². The first-order chi connectivity index (χ1) is 15.6. The molecule has 33 heavy (non-hydrogen) atoms. The molecule has 0 saturated carbocycles. The van der Waals surface area contributed by atoms with E-state index in [0.717, 1.165) is 16.8 Å². The second kappa shape index (κ2) is 11.8. The lowest BCUT2D eigenvalue weighted by Gasteiger charge is -2.15. The van der Waals surface area contributed by atoms with Gasteiger partial charge >= 0.3 is 6.80 Å². The van der Waals surface area contributed by atoms with E-state index in [9.17, 15) is 13.0 Å². The van der Waals surface area contributed by atoms with Crippen LogP contribution in [0.2, 0.25) is 0 Å². The lowest BCUT2D eigenvalue weighted by atomic mass is 10.1. The molecule has 12 heteroatoms. The Morgan fingerprint density at radius 2 is 1.42 bits per heavy atom. The van der Waals surface area contributed by atoms with E-state index in [2.05, 4.69) is 0 Å². The van der Waals surface area contributed by atoms with E-state index >= 15 is 0 Å². The number of ether oxygens (including phenoxy) is 4. The summed E-state index contributed by atoms with van der Waals surface area (Å²) in [6.07, 6.45) is 1.41. The van der Waals surface area contributed by atoms with E-state index in [1.807, 2.05) is 0 Å². The van der Waals surface area contributed by atoms with Crippen LogP contribution in [0, 0.1) is 0 Å². The van der Waals surface area contributed by atoms with Crippen LogP contribution in [0.4, 0.5) is 0 Å². The van der Waals surface area contributed by atoms with Gasteiger partial charge in [-0.25, -0.2) is 13.0 Å². The van der Waals surface area contributed by atoms with Gasteiger partial charge < -0.3 is 28.0 Å². The molecule has 0 saturated heterocycles. The van der Waals surface area contributed by atoms with Gasteiger partial charge in [0.15, 0.2) is 9.84 Å². The van der Waals surface area contributed by atoms with Crippen molar-refractivity contribution in [3.8, 4) is 23.0 Å². The molecule has 0 spiro atoms. The first kappa shape index (κ1) is 27.1. The molecule has 2 aromatic rings. The van der Waals surface area contributed by atoms with E-state index in [1.54, 1.807) is 30.3 Å². The lowest BCUT2D eigenvalue weighted by molar-refractivity contribution is 0.295. The number of hydrogen-bond donors (Lipinski definition) is 0. The fourth-order valence-corrected chi connectivity index (χ4v) is 6.47. The van der Waals surface area contributed by atoms with Crippen molar-refractivity contribution in [2.45, 2.75) is 10.6 Å². The Morgan fingerprint density at radius 1 is 0.848 bits per heavy atom. The van der Waals surface area contributed by atoms with Crippen molar-refractivity contribution >= 4 is 34.1 Å². The maximum absolute atomic E-state index is 12.8. The predicted molar refractivity (Wildman–Crippen MR) is 128 cm³/mol. The van der Waals surface area contributed by atoms with Crippen molar-refractivity contribution in [3.05, 3.63) is 46.9 Å². The van der Waals surface area contributed by atoms with Gasteiger partial charge in [-0.05, 0) is 35.2 Å². The highest BCUT2D eigenvalue weighted by Crippen LogP contribution is 2.64. The van der Waals surface area contributed by atoms with Gasteiger partial charge in [-0.1, -0.05) is 6.07 Å². The fraction of sp³-hybridized carbons (Fsp3) is 0.333. The van der Waals surface area contributed by atoms with Crippen LogP contribution in [0.1, 0.15) is 11.1 Å². The van der Waals surface area contributed by atoms with Crippen molar-refractivity contribution < 1.29 is 41.0 Å². The second-order valence-corrected chi connectivity index (χ2v) is 12.5. The summed E-state index contributed by atoms with van der Waals surface area (Å²) in [5, 5.41) is 1.09. The Balaban J connectivity index is 2.36. The molecule has 0 fully saturated rings. The normalized spacial score (nSPS) is 12.1. The highest BCUT2D eigenvalue weighted by molar-refractivity contribution is 8.55. The average Bonchev–Trinajstić information content (AvgIpc) is 2.81. The summed E-state index contributed by atoms with van der Waals surface area (Å²) in [5.41, 5.74) is 0.923. The minimum absolute atomic E-state index is 0.299. The highest BCUT2D eigenvalue weighted by Gasteiger charge is 2.26. The number of hydrogen-bond acceptors (Lipinski definition) is 10. The van der Waals surface area contributed by atoms with Crippen LogP contribution >= 0.6 is 18.2 Å². The first-order valence-electron chi connectivity index (χ1n) is 9.43. The third-order valence-electron chi connectivity index (χ3n) is 4.45. The molecule has 9 nitrogen and oxygen atoms in total. The maximum atomic E-state index is 12.8. The van der Waals surface area contributed by atoms with E-state index in [-0.39, 0.29) is 5.75 Å². The SMILES string of the molecule is COc1cc(OC)c(/C=C/S(=O)(=O)Cc2ccc(OC)c(SP(=O)(OC)OC)c2)c(OC)c1. The Hall–Kier alpha value is -2.17. The van der Waals surface area contributed by atoms with Crippen LogP contribution in [0.15, 0.2) is 40.6 Å². The zero-order valence-electron chi connectivity index (χ0n) is 19.2. The third kappa shape index (κ3) is 7.15. The summed E-state index contributed by atoms with van der Waals surface area (Å²) in [6, 6.07) is 8.06. The molecule has 0 N–H and O–H groups in total. The molecule has 0 radical (unpaired) electrons. The van der Waals surface area contributed by atoms with Gasteiger partial charge in [0.1, 0.15) is 23.0 Å². The fourth-order valence-electron chi connectivity index (χ4n) is 2.80. The first-order valence-corrected chi connectivity index (χ1v) is 14.1. The standard InChI is InChI=1S/C21H27O9PS2/c1-25-16-12-19(27-3)17(20(13-16)28-4)9-10-33(23,24)14-15-7-8-18(26-2)21(11-15)32-31(22,29-5)30-6/h7-13H,14H2,1-6H3/b10-9+. The van der Waals surface area contributed by atoms with Gasteiger partial charge in [0.25, 0.3) is 0 Å². The van der Waals surface area contributed by atoms with Crippen molar-refractivity contribution in [2.24, 2.45) is 0 Å². The zero-order chi connectivity index (χ0) is 24.6. The molecule has 182 valence electrons. The zero-order valence-corrected chi connectivity index (χ0v) is 21.7. The molecule has 0 aliphatic heterocycles. The Kier molecular flexibility index (Phi) is 9.69. The monoisotopic (exact) mass is 518 g/mol. The number of methoxy groups -OCH3 is 4. The lowest BCUT2D eigenvalue weighted by Crippen LogP contribution is -2.01. The van der Waals surface area contributed by atoms with Gasteiger partial charge in [-0.3, -0.25) is 0 Å². The van der Waals surface area contributed by atoms with E-state index in [0.29, 0.717) is 39.0 Å². The summed E-state index contributed by atoms with van der Waals surface area (Å²) >= 11 is 0.834. The quantitative estimate of drug-likeness (QED) is 0.364. The van der Waals surface area contributed by atoms with E-state index in [1.165, 1.54) is 48.7 Å². The molecular weight excluding hydrogens is 491 g/mol. The minimum Gasteiger partial charge on any atom is -0.496 e. The number of benzene rings is 2. The molecule has 0 aliphatic carbocycles. The molecule has 0 aliphatic rings. The van der Waals surface area contributed by atoms with E-state index in [4.69, 9.17) is 28.0 Å². The Morgan fingerprint density at radius 3 is 1.91 bits per heavy atom. The highest BCUT2D eigenvalue weighted by atomic mass is 32.7. The van der Waals surface area contributed by atoms with Gasteiger partial charge in [0, 0.05) is 31.8 Å². The van der Waals surface area contributed by atoms with Gasteiger partial charge in [0.05, 0.1) is 44.7 Å². The third-order valence-corrected chi connectivity index (χ3v) is 9.52. The van der Waals surface area contributed by atoms with Crippen LogP contribution in [0.5, 0.6) is 23.0 Å². The van der Waals surface area contributed by atoms with Crippen LogP contribution in [-0.2, 0) is 29.2 Å². The smallest absolute Gasteiger partial charge is 0.393 e. The Bertz CT molecular complexity index is 1110. The van der Waals surface area contributed by atoms with Gasteiger partial charge in [-0.2, -0.15) is 0 Å². The second-order valence-electron chi connectivity index (χ2n) is 6.44. The van der Waals surface area contributed by atoms with Gasteiger partial charge in [0.2, 0.25) is 0 Å². The van der Waals surface area contributed by atoms with Crippen molar-refractivity contribution in [2.75, 3.05) is 42.7 Å². The average molecular weight is 519 g/mol. The van der Waals surface area contributed by atoms with Crippen molar-refractivity contribution in [1.29, 1.82) is 0 Å². The minimum atomic E-state index is -3.69. The molecule has 2 rings (SSSR count). The molecule has 2 aromatic carbocycles. The van der Waals surface area contributed by atoms with Crippen molar-refractivity contribution in [3.63, 3.8) is 0 Å². The summed E-state index contributed by atoms with van der Waals surface area (Å²) in [6.45, 7) is -3.46. The van der Waals surface area contributed by atoms with Crippen LogP contribution < -0.4 is 18.9 Å². The molecule has 0 aromatic heterocycles. The molecule has 0 unspecified atom stereocenters. The molecule has 0 bridgehead atoms. The van der Waals surface area contributed by atoms with Crippen LogP contribution in [0.3, 0.4) is 0 Å². The molecule has 0 heterocycles. The number of rotatable bonds is 12. The van der Waals surface area contributed by atoms with Crippen LogP contribution in [-0.4, -0.2) is 51.1 Å². The molecule has 0 atom stereocenters.